The van der Waals surface area contributed by atoms with Gasteiger partial charge in [-0.1, -0.05) is 0 Å². The molecular formula is C13H23N5OS. The average molecular weight is 297 g/mol. The third-order valence-corrected chi connectivity index (χ3v) is 4.16. The Hall–Kier alpha value is -1.34. The zero-order valence-corrected chi connectivity index (χ0v) is 13.2. The molecule has 112 valence electrons. The van der Waals surface area contributed by atoms with Crippen molar-refractivity contribution in [2.75, 3.05) is 39.2 Å². The molecule has 0 saturated carbocycles. The zero-order valence-electron chi connectivity index (χ0n) is 12.3. The van der Waals surface area contributed by atoms with Crippen molar-refractivity contribution in [2.45, 2.75) is 25.5 Å². The molecule has 6 nitrogen and oxygen atoms in total. The summed E-state index contributed by atoms with van der Waals surface area (Å²) in [7, 11) is 5.77. The number of guanidine groups is 1. The van der Waals surface area contributed by atoms with E-state index in [-0.39, 0.29) is 0 Å². The van der Waals surface area contributed by atoms with Crippen molar-refractivity contribution < 1.29 is 4.74 Å². The van der Waals surface area contributed by atoms with Crippen LogP contribution in [0.2, 0.25) is 0 Å². The molecule has 0 spiro atoms. The van der Waals surface area contributed by atoms with E-state index >= 15 is 0 Å². The van der Waals surface area contributed by atoms with E-state index in [4.69, 9.17) is 4.74 Å². The van der Waals surface area contributed by atoms with Crippen molar-refractivity contribution in [1.29, 1.82) is 0 Å². The summed E-state index contributed by atoms with van der Waals surface area (Å²) in [6.45, 7) is 2.36. The van der Waals surface area contributed by atoms with Crippen molar-refractivity contribution >= 4 is 22.4 Å². The molecule has 1 aromatic rings. The van der Waals surface area contributed by atoms with E-state index < -0.39 is 0 Å². The van der Waals surface area contributed by atoms with Crippen molar-refractivity contribution in [3.8, 4) is 0 Å². The van der Waals surface area contributed by atoms with Gasteiger partial charge in [0.1, 0.15) is 0 Å². The first kappa shape index (κ1) is 15.1. The van der Waals surface area contributed by atoms with Gasteiger partial charge in [-0.25, -0.2) is 4.98 Å². The minimum Gasteiger partial charge on any atom is -0.376 e. The first-order chi connectivity index (χ1) is 9.69. The van der Waals surface area contributed by atoms with Crippen molar-refractivity contribution in [1.82, 2.24) is 15.6 Å². The smallest absolute Gasteiger partial charge is 0.191 e. The molecule has 0 bridgehead atoms. The van der Waals surface area contributed by atoms with Crippen LogP contribution in [0.4, 0.5) is 5.13 Å². The Balaban J connectivity index is 1.75. The summed E-state index contributed by atoms with van der Waals surface area (Å²) in [6, 6.07) is 0. The highest BCUT2D eigenvalue weighted by atomic mass is 32.1. The Bertz CT molecular complexity index is 440. The molecule has 0 radical (unpaired) electrons. The van der Waals surface area contributed by atoms with Gasteiger partial charge in [-0.2, -0.15) is 0 Å². The van der Waals surface area contributed by atoms with Crippen LogP contribution >= 0.6 is 11.3 Å². The Kier molecular flexibility index (Phi) is 5.60. The number of nitrogens with zero attached hydrogens (tertiary/aromatic N) is 3. The number of aliphatic imine (C=N–C) groups is 1. The van der Waals surface area contributed by atoms with E-state index in [1.54, 1.807) is 18.4 Å². The fourth-order valence-corrected chi connectivity index (χ4v) is 2.75. The molecule has 1 saturated heterocycles. The van der Waals surface area contributed by atoms with Gasteiger partial charge in [0, 0.05) is 39.7 Å². The Morgan fingerprint density at radius 3 is 3.00 bits per heavy atom. The molecular weight excluding hydrogens is 274 g/mol. The number of anilines is 1. The summed E-state index contributed by atoms with van der Waals surface area (Å²) in [5.41, 5.74) is 1.03. The van der Waals surface area contributed by atoms with Gasteiger partial charge in [-0.3, -0.25) is 4.99 Å². The molecule has 2 heterocycles. The van der Waals surface area contributed by atoms with Gasteiger partial charge in [0.2, 0.25) is 0 Å². The molecule has 1 fully saturated rings. The van der Waals surface area contributed by atoms with Gasteiger partial charge in [0.05, 0.1) is 18.3 Å². The molecule has 1 aliphatic heterocycles. The number of rotatable bonds is 5. The normalized spacial score (nSPS) is 19.1. The molecule has 2 N–H and O–H groups in total. The van der Waals surface area contributed by atoms with Gasteiger partial charge in [0.25, 0.3) is 0 Å². The fourth-order valence-electron chi connectivity index (χ4n) is 1.99. The molecule has 1 atom stereocenters. The monoisotopic (exact) mass is 297 g/mol. The second kappa shape index (κ2) is 7.44. The standard InChI is InChI=1S/C13H23N5OS/c1-14-12(16-8-11-5-4-6-19-11)15-7-10-9-20-13(17-10)18(2)3/h9,11H,4-8H2,1-3H3,(H2,14,15,16). The van der Waals surface area contributed by atoms with E-state index in [0.29, 0.717) is 12.6 Å². The van der Waals surface area contributed by atoms with Crippen LogP contribution in [0.3, 0.4) is 0 Å². The largest absolute Gasteiger partial charge is 0.376 e. The third-order valence-electron chi connectivity index (χ3n) is 3.10. The van der Waals surface area contributed by atoms with Gasteiger partial charge < -0.3 is 20.3 Å². The van der Waals surface area contributed by atoms with Crippen molar-refractivity contribution in [2.24, 2.45) is 4.99 Å². The molecule has 0 aliphatic carbocycles. The van der Waals surface area contributed by atoms with E-state index in [2.05, 4.69) is 26.0 Å². The second-order valence-electron chi connectivity index (χ2n) is 4.96. The number of hydrogen-bond acceptors (Lipinski definition) is 5. The molecule has 0 aromatic carbocycles. The highest BCUT2D eigenvalue weighted by Crippen LogP contribution is 2.17. The molecule has 1 unspecified atom stereocenters. The number of nitrogens with one attached hydrogen (secondary N) is 2. The lowest BCUT2D eigenvalue weighted by Gasteiger charge is -2.14. The van der Waals surface area contributed by atoms with Crippen molar-refractivity contribution in [3.05, 3.63) is 11.1 Å². The van der Waals surface area contributed by atoms with Crippen LogP contribution in [0.25, 0.3) is 0 Å². The van der Waals surface area contributed by atoms with Gasteiger partial charge in [-0.15, -0.1) is 11.3 Å². The number of aromatic nitrogens is 1. The van der Waals surface area contributed by atoms with Crippen LogP contribution < -0.4 is 15.5 Å². The van der Waals surface area contributed by atoms with E-state index in [1.165, 1.54) is 0 Å². The predicted octanol–water partition coefficient (Wildman–Crippen LogP) is 1.05. The first-order valence-electron chi connectivity index (χ1n) is 6.87. The quantitative estimate of drug-likeness (QED) is 0.628. The Morgan fingerprint density at radius 1 is 1.55 bits per heavy atom. The number of thiazole rings is 1. The van der Waals surface area contributed by atoms with Crippen LogP contribution in [-0.4, -0.2) is 51.3 Å². The van der Waals surface area contributed by atoms with Gasteiger partial charge in [-0.05, 0) is 12.8 Å². The maximum atomic E-state index is 5.58. The molecule has 2 rings (SSSR count). The van der Waals surface area contributed by atoms with Crippen LogP contribution in [-0.2, 0) is 11.3 Å². The highest BCUT2D eigenvalue weighted by Gasteiger charge is 2.15. The minimum atomic E-state index is 0.313. The maximum absolute atomic E-state index is 5.58. The predicted molar refractivity (Wildman–Crippen MR) is 83.6 cm³/mol. The first-order valence-corrected chi connectivity index (χ1v) is 7.75. The minimum absolute atomic E-state index is 0.313. The van der Waals surface area contributed by atoms with Crippen LogP contribution in [0.15, 0.2) is 10.4 Å². The summed E-state index contributed by atoms with van der Waals surface area (Å²) in [5.74, 6) is 0.792. The summed E-state index contributed by atoms with van der Waals surface area (Å²) in [5, 5.41) is 9.64. The Morgan fingerprint density at radius 2 is 2.40 bits per heavy atom. The fraction of sp³-hybridized carbons (Fsp3) is 0.692. The molecule has 1 aliphatic rings. The second-order valence-corrected chi connectivity index (χ2v) is 5.79. The zero-order chi connectivity index (χ0) is 14.4. The van der Waals surface area contributed by atoms with Crippen molar-refractivity contribution in [3.63, 3.8) is 0 Å². The Labute approximate surface area is 124 Å². The SMILES string of the molecule is CN=C(NCc1csc(N(C)C)n1)NCC1CCCO1. The average Bonchev–Trinajstić information content (AvgIpc) is 3.10. The van der Waals surface area contributed by atoms with Gasteiger partial charge in [0.15, 0.2) is 11.1 Å². The lowest BCUT2D eigenvalue weighted by atomic mass is 10.2. The topological polar surface area (TPSA) is 61.8 Å². The summed E-state index contributed by atoms with van der Waals surface area (Å²) in [6.07, 6.45) is 2.60. The number of hydrogen-bond donors (Lipinski definition) is 2. The van der Waals surface area contributed by atoms with E-state index in [1.807, 2.05) is 19.0 Å². The molecule has 20 heavy (non-hydrogen) atoms. The van der Waals surface area contributed by atoms with Crippen LogP contribution in [0.5, 0.6) is 0 Å². The highest BCUT2D eigenvalue weighted by molar-refractivity contribution is 7.13. The third kappa shape index (κ3) is 4.35. The van der Waals surface area contributed by atoms with E-state index in [9.17, 15) is 0 Å². The van der Waals surface area contributed by atoms with E-state index in [0.717, 1.165) is 42.8 Å². The summed E-state index contributed by atoms with van der Waals surface area (Å²) in [4.78, 5) is 10.8. The lowest BCUT2D eigenvalue weighted by molar-refractivity contribution is 0.114. The number of ether oxygens (including phenoxy) is 1. The molecule has 7 heteroatoms. The maximum Gasteiger partial charge on any atom is 0.191 e. The van der Waals surface area contributed by atoms with Gasteiger partial charge >= 0.3 is 0 Å². The lowest BCUT2D eigenvalue weighted by Crippen LogP contribution is -2.40. The van der Waals surface area contributed by atoms with Crippen LogP contribution in [0.1, 0.15) is 18.5 Å². The molecule has 0 amide bonds. The summed E-state index contributed by atoms with van der Waals surface area (Å²) >= 11 is 1.65. The summed E-state index contributed by atoms with van der Waals surface area (Å²) < 4.78 is 5.58. The molecule has 1 aromatic heterocycles. The van der Waals surface area contributed by atoms with Crippen LogP contribution in [0, 0.1) is 0 Å².